The fraction of sp³-hybridized carbons (Fsp3) is 0.933. The highest BCUT2D eigenvalue weighted by molar-refractivity contribution is 5.81. The maximum atomic E-state index is 12.1. The van der Waals surface area contributed by atoms with Gasteiger partial charge in [-0.2, -0.15) is 0 Å². The van der Waals surface area contributed by atoms with Gasteiger partial charge in [-0.25, -0.2) is 0 Å². The van der Waals surface area contributed by atoms with Crippen LogP contribution in [0.3, 0.4) is 0 Å². The molecule has 0 heterocycles. The molecular formula is C15H31N3O. The number of nitrogens with one attached hydrogen (secondary N) is 1. The van der Waals surface area contributed by atoms with E-state index in [1.54, 1.807) is 0 Å². The third-order valence-corrected chi connectivity index (χ3v) is 4.12. The van der Waals surface area contributed by atoms with E-state index in [-0.39, 0.29) is 11.9 Å². The quantitative estimate of drug-likeness (QED) is 0.742. The van der Waals surface area contributed by atoms with Gasteiger partial charge in [0.2, 0.25) is 5.91 Å². The van der Waals surface area contributed by atoms with E-state index in [1.165, 1.54) is 0 Å². The Bertz CT molecular complexity index is 262. The number of carbonyl (C=O) groups excluding carboxylic acids is 1. The molecule has 0 aliphatic heterocycles. The average molecular weight is 269 g/mol. The number of nitrogens with zero attached hydrogens (tertiary/aromatic N) is 1. The first-order valence-electron chi connectivity index (χ1n) is 7.89. The highest BCUT2D eigenvalue weighted by Crippen LogP contribution is 2.24. The zero-order valence-corrected chi connectivity index (χ0v) is 12.8. The standard InChI is InChI=1S/C15H31N3O/c1-4-10-17-15(19)12(3)18(11-5-2)14-8-6-13(16)7-9-14/h12-14H,4-11,16H2,1-3H3,(H,17,19). The van der Waals surface area contributed by atoms with Crippen LogP contribution in [-0.2, 0) is 4.79 Å². The number of carbonyl (C=O) groups is 1. The van der Waals surface area contributed by atoms with Crippen LogP contribution in [0.5, 0.6) is 0 Å². The van der Waals surface area contributed by atoms with E-state index in [0.717, 1.165) is 51.6 Å². The Morgan fingerprint density at radius 2 is 1.89 bits per heavy atom. The zero-order chi connectivity index (χ0) is 14.3. The lowest BCUT2D eigenvalue weighted by molar-refractivity contribution is -0.127. The highest BCUT2D eigenvalue weighted by Gasteiger charge is 2.29. The molecule has 1 fully saturated rings. The smallest absolute Gasteiger partial charge is 0.237 e. The maximum Gasteiger partial charge on any atom is 0.237 e. The predicted molar refractivity (Wildman–Crippen MR) is 80.0 cm³/mol. The minimum absolute atomic E-state index is 0.0224. The fourth-order valence-corrected chi connectivity index (χ4v) is 2.93. The first-order valence-corrected chi connectivity index (χ1v) is 7.89. The van der Waals surface area contributed by atoms with Gasteiger partial charge < -0.3 is 11.1 Å². The summed E-state index contributed by atoms with van der Waals surface area (Å²) >= 11 is 0. The minimum atomic E-state index is -0.0224. The summed E-state index contributed by atoms with van der Waals surface area (Å²) in [5.41, 5.74) is 5.97. The molecule has 1 aliphatic rings. The lowest BCUT2D eigenvalue weighted by atomic mass is 9.90. The second kappa shape index (κ2) is 8.54. The molecule has 112 valence electrons. The van der Waals surface area contributed by atoms with Crippen LogP contribution >= 0.6 is 0 Å². The summed E-state index contributed by atoms with van der Waals surface area (Å²) in [5.74, 6) is 0.171. The van der Waals surface area contributed by atoms with Crippen molar-refractivity contribution in [2.75, 3.05) is 13.1 Å². The van der Waals surface area contributed by atoms with Gasteiger partial charge in [-0.1, -0.05) is 13.8 Å². The van der Waals surface area contributed by atoms with Crippen LogP contribution in [0.15, 0.2) is 0 Å². The molecule has 3 N–H and O–H groups in total. The Kier molecular flexibility index (Phi) is 7.39. The normalized spacial score (nSPS) is 25.3. The molecule has 1 saturated carbocycles. The topological polar surface area (TPSA) is 58.4 Å². The van der Waals surface area contributed by atoms with E-state index in [0.29, 0.717) is 12.1 Å². The maximum absolute atomic E-state index is 12.1. The molecule has 1 atom stereocenters. The van der Waals surface area contributed by atoms with Crippen LogP contribution in [0, 0.1) is 0 Å². The number of nitrogens with two attached hydrogens (primary N) is 1. The number of hydrogen-bond acceptors (Lipinski definition) is 3. The molecule has 4 nitrogen and oxygen atoms in total. The fourth-order valence-electron chi connectivity index (χ4n) is 2.93. The van der Waals surface area contributed by atoms with Crippen molar-refractivity contribution in [3.63, 3.8) is 0 Å². The predicted octanol–water partition coefficient (Wildman–Crippen LogP) is 1.88. The van der Waals surface area contributed by atoms with Crippen LogP contribution in [0.1, 0.15) is 59.3 Å². The summed E-state index contributed by atoms with van der Waals surface area (Å²) in [6.07, 6.45) is 6.53. The summed E-state index contributed by atoms with van der Waals surface area (Å²) in [4.78, 5) is 14.5. The number of amides is 1. The van der Waals surface area contributed by atoms with Gasteiger partial charge in [-0.05, 0) is 52.0 Å². The summed E-state index contributed by atoms with van der Waals surface area (Å²) in [7, 11) is 0. The molecular weight excluding hydrogens is 238 g/mol. The Balaban J connectivity index is 2.57. The van der Waals surface area contributed by atoms with Crippen molar-refractivity contribution in [3.8, 4) is 0 Å². The SMILES string of the molecule is CCCNC(=O)C(C)N(CCC)C1CCC(N)CC1. The second-order valence-corrected chi connectivity index (χ2v) is 5.77. The van der Waals surface area contributed by atoms with Crippen molar-refractivity contribution in [2.45, 2.75) is 77.4 Å². The minimum Gasteiger partial charge on any atom is -0.355 e. The first kappa shape index (κ1) is 16.4. The lowest BCUT2D eigenvalue weighted by Gasteiger charge is -2.39. The van der Waals surface area contributed by atoms with Gasteiger partial charge in [-0.15, -0.1) is 0 Å². The van der Waals surface area contributed by atoms with E-state index in [4.69, 9.17) is 5.73 Å². The molecule has 0 aromatic carbocycles. The van der Waals surface area contributed by atoms with E-state index in [1.807, 2.05) is 6.92 Å². The summed E-state index contributed by atoms with van der Waals surface area (Å²) in [6, 6.07) is 0.872. The van der Waals surface area contributed by atoms with Crippen LogP contribution in [-0.4, -0.2) is 42.0 Å². The van der Waals surface area contributed by atoms with Crippen LogP contribution in [0.4, 0.5) is 0 Å². The molecule has 4 heteroatoms. The Morgan fingerprint density at radius 1 is 1.26 bits per heavy atom. The molecule has 1 rings (SSSR count). The van der Waals surface area contributed by atoms with E-state index < -0.39 is 0 Å². The Morgan fingerprint density at radius 3 is 2.42 bits per heavy atom. The highest BCUT2D eigenvalue weighted by atomic mass is 16.2. The van der Waals surface area contributed by atoms with Gasteiger partial charge in [0.1, 0.15) is 0 Å². The third-order valence-electron chi connectivity index (χ3n) is 4.12. The monoisotopic (exact) mass is 269 g/mol. The van der Waals surface area contributed by atoms with Gasteiger partial charge in [-0.3, -0.25) is 9.69 Å². The molecule has 0 spiro atoms. The van der Waals surface area contributed by atoms with Crippen molar-refractivity contribution in [2.24, 2.45) is 5.73 Å². The van der Waals surface area contributed by atoms with Gasteiger partial charge in [0.15, 0.2) is 0 Å². The van der Waals surface area contributed by atoms with E-state index >= 15 is 0 Å². The molecule has 0 radical (unpaired) electrons. The van der Waals surface area contributed by atoms with Crippen LogP contribution < -0.4 is 11.1 Å². The van der Waals surface area contributed by atoms with Crippen molar-refractivity contribution < 1.29 is 4.79 Å². The molecule has 0 aromatic heterocycles. The van der Waals surface area contributed by atoms with Gasteiger partial charge in [0.05, 0.1) is 6.04 Å². The van der Waals surface area contributed by atoms with E-state index in [2.05, 4.69) is 24.1 Å². The first-order chi connectivity index (χ1) is 9.10. The van der Waals surface area contributed by atoms with Crippen molar-refractivity contribution in [1.29, 1.82) is 0 Å². The summed E-state index contributed by atoms with van der Waals surface area (Å²) < 4.78 is 0. The van der Waals surface area contributed by atoms with E-state index in [9.17, 15) is 4.79 Å². The summed E-state index contributed by atoms with van der Waals surface area (Å²) in [6.45, 7) is 8.07. The van der Waals surface area contributed by atoms with Gasteiger partial charge in [0.25, 0.3) is 0 Å². The second-order valence-electron chi connectivity index (χ2n) is 5.77. The molecule has 0 bridgehead atoms. The number of hydrogen-bond donors (Lipinski definition) is 2. The van der Waals surface area contributed by atoms with Gasteiger partial charge >= 0.3 is 0 Å². The Labute approximate surface area is 118 Å². The largest absolute Gasteiger partial charge is 0.355 e. The summed E-state index contributed by atoms with van der Waals surface area (Å²) in [5, 5.41) is 3.01. The lowest BCUT2D eigenvalue weighted by Crippen LogP contribution is -2.51. The van der Waals surface area contributed by atoms with Crippen molar-refractivity contribution >= 4 is 5.91 Å². The molecule has 1 aliphatic carbocycles. The van der Waals surface area contributed by atoms with Crippen molar-refractivity contribution in [1.82, 2.24) is 10.2 Å². The molecule has 0 aromatic rings. The molecule has 1 amide bonds. The molecule has 1 unspecified atom stereocenters. The zero-order valence-electron chi connectivity index (χ0n) is 12.8. The molecule has 0 saturated heterocycles. The average Bonchev–Trinajstić information content (AvgIpc) is 2.42. The third kappa shape index (κ3) is 5.11. The van der Waals surface area contributed by atoms with Crippen LogP contribution in [0.2, 0.25) is 0 Å². The molecule has 19 heavy (non-hydrogen) atoms. The van der Waals surface area contributed by atoms with Crippen LogP contribution in [0.25, 0.3) is 0 Å². The Hall–Kier alpha value is -0.610. The van der Waals surface area contributed by atoms with Crippen molar-refractivity contribution in [3.05, 3.63) is 0 Å². The van der Waals surface area contributed by atoms with Gasteiger partial charge in [0, 0.05) is 18.6 Å². The number of rotatable bonds is 7.